The predicted molar refractivity (Wildman–Crippen MR) is 144 cm³/mol. The van der Waals surface area contributed by atoms with Crippen molar-refractivity contribution in [1.82, 2.24) is 0 Å². The summed E-state index contributed by atoms with van der Waals surface area (Å²) in [5.74, 6) is 1.29. The van der Waals surface area contributed by atoms with Gasteiger partial charge in [-0.15, -0.1) is 0 Å². The number of esters is 1. The maximum atomic E-state index is 12.9. The molecule has 3 aromatic rings. The van der Waals surface area contributed by atoms with Crippen molar-refractivity contribution in [3.63, 3.8) is 0 Å². The van der Waals surface area contributed by atoms with Crippen molar-refractivity contribution in [3.05, 3.63) is 86.8 Å². The molecule has 0 amide bonds. The second-order valence-electron chi connectivity index (χ2n) is 8.99. The molecule has 3 aromatic carbocycles. The molecule has 1 N–H and O–H groups in total. The van der Waals surface area contributed by atoms with E-state index in [0.717, 1.165) is 64.1 Å². The Morgan fingerprint density at radius 3 is 2.51 bits per heavy atom. The van der Waals surface area contributed by atoms with Gasteiger partial charge >= 0.3 is 5.97 Å². The van der Waals surface area contributed by atoms with Crippen molar-refractivity contribution in [2.45, 2.75) is 53.9 Å². The molecule has 0 saturated heterocycles. The summed E-state index contributed by atoms with van der Waals surface area (Å²) in [7, 11) is 0. The first-order valence-electron chi connectivity index (χ1n) is 12.7. The van der Waals surface area contributed by atoms with Crippen LogP contribution in [-0.4, -0.2) is 19.1 Å². The highest BCUT2D eigenvalue weighted by Crippen LogP contribution is 2.40. The Labute approximate surface area is 208 Å². The van der Waals surface area contributed by atoms with Crippen molar-refractivity contribution < 1.29 is 14.3 Å². The molecule has 0 aromatic heterocycles. The lowest BCUT2D eigenvalue weighted by Crippen LogP contribution is -2.23. The molecule has 4 nitrogen and oxygen atoms in total. The summed E-state index contributed by atoms with van der Waals surface area (Å²) < 4.78 is 11.9. The second kappa shape index (κ2) is 10.8. The monoisotopic (exact) mass is 469 g/mol. The van der Waals surface area contributed by atoms with Gasteiger partial charge in [0, 0.05) is 34.7 Å². The Hall–Kier alpha value is -3.53. The zero-order valence-corrected chi connectivity index (χ0v) is 21.5. The lowest BCUT2D eigenvalue weighted by molar-refractivity contribution is 0.0526. The fourth-order valence-electron chi connectivity index (χ4n) is 4.66. The van der Waals surface area contributed by atoms with E-state index >= 15 is 0 Å². The molecule has 4 heteroatoms. The summed E-state index contributed by atoms with van der Waals surface area (Å²) in [6, 6.07) is 16.3. The molecular weight excluding hydrogens is 434 g/mol. The maximum Gasteiger partial charge on any atom is 0.338 e. The zero-order valence-electron chi connectivity index (χ0n) is 21.5. The van der Waals surface area contributed by atoms with E-state index in [1.165, 1.54) is 17.2 Å². The molecule has 0 aliphatic carbocycles. The van der Waals surface area contributed by atoms with Crippen LogP contribution in [0.3, 0.4) is 0 Å². The van der Waals surface area contributed by atoms with E-state index in [9.17, 15) is 4.79 Å². The fraction of sp³-hybridized carbons (Fsp3) is 0.323. The molecule has 1 aliphatic rings. The van der Waals surface area contributed by atoms with E-state index in [0.29, 0.717) is 12.2 Å². The first-order valence-corrected chi connectivity index (χ1v) is 12.7. The van der Waals surface area contributed by atoms with Gasteiger partial charge in [-0.3, -0.25) is 0 Å². The molecule has 0 unspecified atom stereocenters. The van der Waals surface area contributed by atoms with Crippen molar-refractivity contribution >= 4 is 23.3 Å². The minimum atomic E-state index is -0.313. The van der Waals surface area contributed by atoms with Gasteiger partial charge in [0.1, 0.15) is 11.5 Å². The number of anilines is 1. The van der Waals surface area contributed by atoms with Crippen LogP contribution in [-0.2, 0) is 4.74 Å². The van der Waals surface area contributed by atoms with E-state index < -0.39 is 0 Å². The van der Waals surface area contributed by atoms with Gasteiger partial charge in [-0.05, 0) is 80.3 Å². The number of nitrogens with one attached hydrogen (secondary N) is 1. The first kappa shape index (κ1) is 24.6. The molecule has 4 rings (SSSR count). The van der Waals surface area contributed by atoms with Gasteiger partial charge in [0.15, 0.2) is 0 Å². The van der Waals surface area contributed by atoms with E-state index in [-0.39, 0.29) is 5.97 Å². The molecule has 0 saturated carbocycles. The van der Waals surface area contributed by atoms with Crippen LogP contribution in [0.1, 0.15) is 72.6 Å². The van der Waals surface area contributed by atoms with E-state index in [4.69, 9.17) is 9.47 Å². The second-order valence-corrected chi connectivity index (χ2v) is 8.99. The highest BCUT2D eigenvalue weighted by atomic mass is 16.5. The van der Waals surface area contributed by atoms with Crippen LogP contribution < -0.4 is 20.5 Å². The lowest BCUT2D eigenvalue weighted by Gasteiger charge is -2.24. The lowest BCUT2D eigenvalue weighted by atomic mass is 9.88. The Morgan fingerprint density at radius 2 is 1.77 bits per heavy atom. The summed E-state index contributed by atoms with van der Waals surface area (Å²) in [6.45, 7) is 11.5. The largest absolute Gasteiger partial charge is 0.462 e. The minimum Gasteiger partial charge on any atom is -0.462 e. The summed E-state index contributed by atoms with van der Waals surface area (Å²) in [4.78, 5) is 12.9. The molecular formula is C31H35NO3. The smallest absolute Gasteiger partial charge is 0.338 e. The third-order valence-corrected chi connectivity index (χ3v) is 6.43. The number of ether oxygens (including phenoxy) is 2. The SMILES string of the molecule is CCCC/C=c1\cc2c(cc1C)=C(c1ccccc1C(=O)OCC)c1cc(C)c(NCC)cc1O2. The average Bonchev–Trinajstić information content (AvgIpc) is 2.84. The fourth-order valence-corrected chi connectivity index (χ4v) is 4.66. The number of aryl methyl sites for hydroxylation is 2. The van der Waals surface area contributed by atoms with Crippen LogP contribution in [0.4, 0.5) is 5.69 Å². The molecule has 182 valence electrons. The average molecular weight is 470 g/mol. The Balaban J connectivity index is 2.05. The van der Waals surface area contributed by atoms with Gasteiger partial charge in [-0.1, -0.05) is 44.0 Å². The summed E-state index contributed by atoms with van der Waals surface area (Å²) in [5.41, 5.74) is 6.77. The Morgan fingerprint density at radius 1 is 0.971 bits per heavy atom. The van der Waals surface area contributed by atoms with Gasteiger partial charge < -0.3 is 14.8 Å². The van der Waals surface area contributed by atoms with Crippen molar-refractivity contribution in [1.29, 1.82) is 0 Å². The summed E-state index contributed by atoms with van der Waals surface area (Å²) in [5, 5.41) is 5.62. The van der Waals surface area contributed by atoms with Gasteiger partial charge in [0.05, 0.1) is 12.2 Å². The number of hydrogen-bond acceptors (Lipinski definition) is 4. The van der Waals surface area contributed by atoms with Crippen molar-refractivity contribution in [2.75, 3.05) is 18.5 Å². The quantitative estimate of drug-likeness (QED) is 0.245. The topological polar surface area (TPSA) is 47.6 Å². The normalized spacial score (nSPS) is 12.6. The Bertz CT molecular complexity index is 1370. The van der Waals surface area contributed by atoms with Crippen LogP contribution in [0.5, 0.6) is 11.5 Å². The molecule has 0 fully saturated rings. The number of fused-ring (bicyclic) bond motifs is 2. The van der Waals surface area contributed by atoms with Gasteiger partial charge in [-0.25, -0.2) is 4.79 Å². The molecule has 0 bridgehead atoms. The van der Waals surface area contributed by atoms with Crippen LogP contribution in [0, 0.1) is 13.8 Å². The third kappa shape index (κ3) is 4.97. The van der Waals surface area contributed by atoms with Gasteiger partial charge in [0.25, 0.3) is 0 Å². The summed E-state index contributed by atoms with van der Waals surface area (Å²) >= 11 is 0. The standard InChI is InChI=1S/C31H35NO3/c1-6-9-10-13-22-18-28-25(16-20(22)4)30(23-14-11-12-15-24(23)31(33)34-8-3)26-17-21(5)27(32-7-2)19-29(26)35-28/h11-19,32H,6-10H2,1-5H3/b22-13+. The third-order valence-electron chi connectivity index (χ3n) is 6.43. The van der Waals surface area contributed by atoms with Crippen LogP contribution >= 0.6 is 0 Å². The van der Waals surface area contributed by atoms with Gasteiger partial charge in [0.2, 0.25) is 0 Å². The van der Waals surface area contributed by atoms with Gasteiger partial charge in [-0.2, -0.15) is 0 Å². The molecule has 1 heterocycles. The van der Waals surface area contributed by atoms with E-state index in [2.05, 4.69) is 63.4 Å². The van der Waals surface area contributed by atoms with Crippen LogP contribution in [0.25, 0.3) is 11.6 Å². The zero-order chi connectivity index (χ0) is 24.9. The molecule has 0 atom stereocenters. The maximum absolute atomic E-state index is 12.9. The molecule has 0 spiro atoms. The number of carbonyl (C=O) groups is 1. The van der Waals surface area contributed by atoms with Crippen LogP contribution in [0.15, 0.2) is 48.5 Å². The van der Waals surface area contributed by atoms with E-state index in [1.807, 2.05) is 31.2 Å². The summed E-state index contributed by atoms with van der Waals surface area (Å²) in [6.07, 6.45) is 5.66. The van der Waals surface area contributed by atoms with E-state index in [1.54, 1.807) is 0 Å². The number of carbonyl (C=O) groups excluding carboxylic acids is 1. The number of unbranched alkanes of at least 4 members (excludes halogenated alkanes) is 2. The Kier molecular flexibility index (Phi) is 7.60. The predicted octanol–water partition coefficient (Wildman–Crippen LogP) is 6.24. The van der Waals surface area contributed by atoms with Crippen molar-refractivity contribution in [3.8, 4) is 11.5 Å². The minimum absolute atomic E-state index is 0.313. The highest BCUT2D eigenvalue weighted by Gasteiger charge is 2.25. The highest BCUT2D eigenvalue weighted by molar-refractivity contribution is 5.99. The number of benzene rings is 3. The molecule has 0 radical (unpaired) electrons. The van der Waals surface area contributed by atoms with Crippen LogP contribution in [0.2, 0.25) is 0 Å². The number of rotatable bonds is 8. The number of hydrogen-bond donors (Lipinski definition) is 1. The molecule has 1 aliphatic heterocycles. The van der Waals surface area contributed by atoms with Crippen molar-refractivity contribution in [2.24, 2.45) is 0 Å². The molecule has 35 heavy (non-hydrogen) atoms. The first-order chi connectivity index (χ1) is 17.0.